The predicted molar refractivity (Wildman–Crippen MR) is 133 cm³/mol. The Morgan fingerprint density at radius 1 is 1.30 bits per heavy atom. The van der Waals surface area contributed by atoms with Gasteiger partial charge in [-0.2, -0.15) is 13.2 Å². The molecule has 3 N–H and O–H groups in total. The summed E-state index contributed by atoms with van der Waals surface area (Å²) in [6.45, 7) is 1.68. The number of hydrogen-bond donors (Lipinski definition) is 3. The Morgan fingerprint density at radius 3 is 2.70 bits per heavy atom. The molecule has 200 valence electrons. The van der Waals surface area contributed by atoms with Crippen molar-refractivity contribution in [2.75, 3.05) is 19.4 Å². The number of allylic oxidation sites excluding steroid dienone is 2. The van der Waals surface area contributed by atoms with Crippen LogP contribution >= 0.6 is 0 Å². The lowest BCUT2D eigenvalue weighted by Gasteiger charge is -2.50. The summed E-state index contributed by atoms with van der Waals surface area (Å²) >= 11 is 0. The van der Waals surface area contributed by atoms with Crippen molar-refractivity contribution in [2.24, 2.45) is 17.3 Å². The van der Waals surface area contributed by atoms with E-state index in [9.17, 15) is 28.2 Å². The van der Waals surface area contributed by atoms with E-state index >= 15 is 0 Å². The lowest BCUT2D eigenvalue weighted by molar-refractivity contribution is -0.121. The number of pyridine rings is 1. The van der Waals surface area contributed by atoms with E-state index in [0.29, 0.717) is 24.9 Å². The zero-order valence-electron chi connectivity index (χ0n) is 21.3. The average molecular weight is 518 g/mol. The number of rotatable bonds is 3. The van der Waals surface area contributed by atoms with Gasteiger partial charge in [0, 0.05) is 34.7 Å². The first-order chi connectivity index (χ1) is 17.3. The van der Waals surface area contributed by atoms with Gasteiger partial charge in [-0.1, -0.05) is 24.6 Å². The average Bonchev–Trinajstić information content (AvgIpc) is 3.10. The minimum Gasteiger partial charge on any atom is -0.391 e. The smallest absolute Gasteiger partial charge is 0.391 e. The highest BCUT2D eigenvalue weighted by Gasteiger charge is 2.61. The molecule has 6 nitrogen and oxygen atoms in total. The highest BCUT2D eigenvalue weighted by Crippen LogP contribution is 2.62. The molecular weight excluding hydrogens is 483 g/mol. The first-order valence-electron chi connectivity index (χ1n) is 12.8. The lowest BCUT2D eigenvalue weighted by Crippen LogP contribution is -2.52. The van der Waals surface area contributed by atoms with E-state index in [1.807, 2.05) is 19.0 Å². The van der Waals surface area contributed by atoms with Gasteiger partial charge in [0.05, 0.1) is 23.6 Å². The number of nitrogens with one attached hydrogen (secondary N) is 1. The Morgan fingerprint density at radius 2 is 2.05 bits per heavy atom. The SMILES string of the molecule is CN(C)[C@H]1CC2CC[C@@]3(O)C(=C(C(F)(F)F)CC4(C)C(C(=O)Nc5cccnc5)=CCC43)C=C2CC1O. The Bertz CT molecular complexity index is 1180. The molecule has 6 atom stereocenters. The number of aliphatic hydroxyl groups is 2. The van der Waals surface area contributed by atoms with Crippen molar-refractivity contribution in [3.05, 3.63) is 59.0 Å². The molecule has 0 radical (unpaired) electrons. The topological polar surface area (TPSA) is 85.7 Å². The summed E-state index contributed by atoms with van der Waals surface area (Å²) in [6, 6.07) is 3.25. The van der Waals surface area contributed by atoms with Crippen LogP contribution in [0.25, 0.3) is 0 Å². The number of anilines is 1. The number of alkyl halides is 3. The summed E-state index contributed by atoms with van der Waals surface area (Å²) in [5, 5.41) is 25.7. The number of carbonyl (C=O) groups excluding carboxylic acids is 1. The number of fused-ring (bicyclic) bond motifs is 4. The van der Waals surface area contributed by atoms with Crippen LogP contribution in [0.15, 0.2) is 59.0 Å². The number of halogens is 3. The van der Waals surface area contributed by atoms with E-state index in [1.165, 1.54) is 6.20 Å². The number of likely N-dealkylation sites (N-methyl/N-ethyl adjacent to an activating group) is 1. The van der Waals surface area contributed by atoms with Crippen molar-refractivity contribution in [1.82, 2.24) is 9.88 Å². The van der Waals surface area contributed by atoms with Gasteiger partial charge in [-0.05, 0) is 76.2 Å². The molecule has 1 aromatic heterocycles. The molecule has 1 amide bonds. The van der Waals surface area contributed by atoms with E-state index in [2.05, 4.69) is 10.3 Å². The minimum atomic E-state index is -4.67. The fourth-order valence-electron chi connectivity index (χ4n) is 7.29. The number of amides is 1. The summed E-state index contributed by atoms with van der Waals surface area (Å²) in [4.78, 5) is 19.2. The number of nitrogens with zero attached hydrogens (tertiary/aromatic N) is 2. The van der Waals surface area contributed by atoms with E-state index in [0.717, 1.165) is 5.57 Å². The summed E-state index contributed by atoms with van der Waals surface area (Å²) in [7, 11) is 3.79. The summed E-state index contributed by atoms with van der Waals surface area (Å²) in [6.07, 6.45) is 2.49. The molecule has 1 heterocycles. The maximum absolute atomic E-state index is 14.6. The molecule has 0 saturated heterocycles. The third kappa shape index (κ3) is 4.34. The fourth-order valence-corrected chi connectivity index (χ4v) is 7.29. The second kappa shape index (κ2) is 9.06. The molecule has 0 bridgehead atoms. The van der Waals surface area contributed by atoms with Gasteiger partial charge in [-0.25, -0.2) is 0 Å². The van der Waals surface area contributed by atoms with Crippen molar-refractivity contribution in [3.8, 4) is 0 Å². The van der Waals surface area contributed by atoms with Crippen LogP contribution in [0, 0.1) is 17.3 Å². The first kappa shape index (κ1) is 26.1. The number of carbonyl (C=O) groups is 1. The van der Waals surface area contributed by atoms with Crippen molar-refractivity contribution in [1.29, 1.82) is 0 Å². The maximum atomic E-state index is 14.6. The highest BCUT2D eigenvalue weighted by molar-refractivity contribution is 6.05. The molecule has 1 fully saturated rings. The Hall–Kier alpha value is -2.49. The second-order valence-corrected chi connectivity index (χ2v) is 11.5. The Labute approximate surface area is 215 Å². The largest absolute Gasteiger partial charge is 0.413 e. The summed E-state index contributed by atoms with van der Waals surface area (Å²) in [5.74, 6) is -1.05. The van der Waals surface area contributed by atoms with Gasteiger partial charge in [-0.3, -0.25) is 9.78 Å². The van der Waals surface area contributed by atoms with Crippen LogP contribution in [0.3, 0.4) is 0 Å². The predicted octanol–water partition coefficient (Wildman–Crippen LogP) is 4.39. The monoisotopic (exact) mass is 517 g/mol. The van der Waals surface area contributed by atoms with E-state index in [-0.39, 0.29) is 42.4 Å². The van der Waals surface area contributed by atoms with Crippen LogP contribution in [0.1, 0.15) is 45.4 Å². The van der Waals surface area contributed by atoms with Gasteiger partial charge in [0.25, 0.3) is 5.91 Å². The van der Waals surface area contributed by atoms with Crippen LogP contribution in [-0.4, -0.2) is 64.0 Å². The van der Waals surface area contributed by atoms with E-state index in [1.54, 1.807) is 37.4 Å². The van der Waals surface area contributed by atoms with Crippen LogP contribution in [-0.2, 0) is 4.79 Å². The van der Waals surface area contributed by atoms with Crippen molar-refractivity contribution in [2.45, 2.75) is 69.4 Å². The minimum absolute atomic E-state index is 0.0126. The molecule has 4 unspecified atom stereocenters. The molecule has 0 aliphatic heterocycles. The van der Waals surface area contributed by atoms with Crippen LogP contribution in [0.5, 0.6) is 0 Å². The van der Waals surface area contributed by atoms with E-state index in [4.69, 9.17) is 0 Å². The van der Waals surface area contributed by atoms with Crippen LogP contribution in [0.4, 0.5) is 18.9 Å². The zero-order chi connectivity index (χ0) is 26.8. The second-order valence-electron chi connectivity index (χ2n) is 11.5. The number of hydrogen-bond acceptors (Lipinski definition) is 5. The summed E-state index contributed by atoms with van der Waals surface area (Å²) < 4.78 is 43.8. The molecule has 5 rings (SSSR count). The molecule has 9 heteroatoms. The van der Waals surface area contributed by atoms with E-state index < -0.39 is 40.7 Å². The maximum Gasteiger partial charge on any atom is 0.413 e. The molecule has 4 aliphatic carbocycles. The van der Waals surface area contributed by atoms with Crippen LogP contribution in [0.2, 0.25) is 0 Å². The molecule has 0 spiro atoms. The third-order valence-electron chi connectivity index (χ3n) is 9.17. The molecule has 0 aromatic carbocycles. The van der Waals surface area contributed by atoms with Crippen molar-refractivity contribution in [3.63, 3.8) is 0 Å². The van der Waals surface area contributed by atoms with Gasteiger partial charge in [0.1, 0.15) is 0 Å². The van der Waals surface area contributed by atoms with Crippen molar-refractivity contribution < 1.29 is 28.2 Å². The standard InChI is InChI=1S/C28H34F3N3O3/c1-26-14-21(28(29,30)31)20-11-17-13-23(35)22(34(2)3)12-16(17)8-9-27(20,37)24(26)7-6-19(26)25(36)33-18-5-4-10-32-15-18/h4-6,10-11,15-16,22-24,35,37H,7-9,12-14H2,1-3H3,(H,33,36)/t16?,22-,23?,24?,26?,27+/m0/s1. The first-order valence-corrected chi connectivity index (χ1v) is 12.8. The Balaban J connectivity index is 1.54. The molecule has 37 heavy (non-hydrogen) atoms. The van der Waals surface area contributed by atoms with Gasteiger partial charge in [0.15, 0.2) is 0 Å². The molecule has 4 aliphatic rings. The van der Waals surface area contributed by atoms with Crippen molar-refractivity contribution >= 4 is 11.6 Å². The van der Waals surface area contributed by atoms with Crippen LogP contribution < -0.4 is 5.32 Å². The number of aromatic nitrogens is 1. The quantitative estimate of drug-likeness (QED) is 0.554. The third-order valence-corrected chi connectivity index (χ3v) is 9.17. The van der Waals surface area contributed by atoms with Gasteiger partial charge >= 0.3 is 6.18 Å². The van der Waals surface area contributed by atoms with Gasteiger partial charge < -0.3 is 20.4 Å². The lowest BCUT2D eigenvalue weighted by atomic mass is 9.56. The van der Waals surface area contributed by atoms with Gasteiger partial charge in [-0.15, -0.1) is 0 Å². The highest BCUT2D eigenvalue weighted by atomic mass is 19.4. The Kier molecular flexibility index (Phi) is 6.40. The molecule has 1 aromatic rings. The number of aliphatic hydroxyl groups excluding tert-OH is 1. The normalized spacial score (nSPS) is 35.7. The van der Waals surface area contributed by atoms with Gasteiger partial charge in [0.2, 0.25) is 0 Å². The molecule has 1 saturated carbocycles. The fraction of sp³-hybridized carbons (Fsp3) is 0.571. The zero-order valence-corrected chi connectivity index (χ0v) is 21.3. The molecular formula is C28H34F3N3O3. The summed E-state index contributed by atoms with van der Waals surface area (Å²) in [5.41, 5.74) is -2.25.